The van der Waals surface area contributed by atoms with Crippen molar-refractivity contribution < 1.29 is 14.2 Å². The van der Waals surface area contributed by atoms with Crippen LogP contribution in [0, 0.1) is 17.1 Å². The third-order valence-corrected chi connectivity index (χ3v) is 1.70. The molecule has 0 aliphatic heterocycles. The van der Waals surface area contributed by atoms with E-state index in [1.807, 2.05) is 6.07 Å². The summed E-state index contributed by atoms with van der Waals surface area (Å²) >= 11 is 0. The molecule has 0 spiro atoms. The van der Waals surface area contributed by atoms with Crippen molar-refractivity contribution in [3.63, 3.8) is 0 Å². The van der Waals surface area contributed by atoms with Gasteiger partial charge in [0.25, 0.3) is 0 Å². The molecular formula is C10H10FNO2. The first kappa shape index (κ1) is 10.5. The molecule has 0 radical (unpaired) electrons. The van der Waals surface area contributed by atoms with Gasteiger partial charge in [-0.05, 0) is 13.0 Å². The highest BCUT2D eigenvalue weighted by Crippen LogP contribution is 2.23. The first-order valence-corrected chi connectivity index (χ1v) is 4.13. The van der Waals surface area contributed by atoms with Crippen LogP contribution in [-0.2, 0) is 6.61 Å². The second-order valence-corrected chi connectivity index (χ2v) is 2.78. The van der Waals surface area contributed by atoms with Crippen LogP contribution in [0.15, 0.2) is 18.2 Å². The molecule has 1 aromatic carbocycles. The maximum absolute atomic E-state index is 13.2. The van der Waals surface area contributed by atoms with Crippen LogP contribution in [0.5, 0.6) is 5.75 Å². The average Bonchev–Trinajstić information content (AvgIpc) is 2.20. The van der Waals surface area contributed by atoms with E-state index in [-0.39, 0.29) is 12.4 Å². The van der Waals surface area contributed by atoms with Crippen molar-refractivity contribution in [2.45, 2.75) is 19.6 Å². The number of aliphatic hydroxyl groups excluding tert-OH is 1. The molecule has 0 aromatic heterocycles. The number of hydrogen-bond donors (Lipinski definition) is 1. The molecule has 74 valence electrons. The zero-order valence-electron chi connectivity index (χ0n) is 7.70. The monoisotopic (exact) mass is 195 g/mol. The first-order chi connectivity index (χ1) is 6.69. The Morgan fingerprint density at radius 1 is 1.64 bits per heavy atom. The van der Waals surface area contributed by atoms with Crippen LogP contribution in [0.4, 0.5) is 4.39 Å². The van der Waals surface area contributed by atoms with E-state index >= 15 is 0 Å². The summed E-state index contributed by atoms with van der Waals surface area (Å²) in [7, 11) is 0. The van der Waals surface area contributed by atoms with E-state index in [4.69, 9.17) is 15.1 Å². The Morgan fingerprint density at radius 2 is 2.36 bits per heavy atom. The van der Waals surface area contributed by atoms with Gasteiger partial charge in [-0.2, -0.15) is 5.26 Å². The molecule has 0 saturated carbocycles. The van der Waals surface area contributed by atoms with Crippen LogP contribution in [0.3, 0.4) is 0 Å². The highest BCUT2D eigenvalue weighted by molar-refractivity contribution is 5.34. The molecule has 0 bridgehead atoms. The van der Waals surface area contributed by atoms with Gasteiger partial charge in [0.2, 0.25) is 0 Å². The summed E-state index contributed by atoms with van der Waals surface area (Å²) in [6.07, 6.45) is -0.739. The fourth-order valence-corrected chi connectivity index (χ4v) is 1.01. The predicted octanol–water partition coefficient (Wildman–Crippen LogP) is 1.61. The molecule has 0 fully saturated rings. The van der Waals surface area contributed by atoms with Gasteiger partial charge in [0.15, 0.2) is 17.7 Å². The Hall–Kier alpha value is -1.60. The third-order valence-electron chi connectivity index (χ3n) is 1.70. The van der Waals surface area contributed by atoms with Gasteiger partial charge >= 0.3 is 0 Å². The van der Waals surface area contributed by atoms with E-state index in [0.717, 1.165) is 0 Å². The second-order valence-electron chi connectivity index (χ2n) is 2.78. The maximum Gasteiger partial charge on any atom is 0.181 e. The number of nitrogens with zero attached hydrogens (tertiary/aromatic N) is 1. The lowest BCUT2D eigenvalue weighted by atomic mass is 10.2. The van der Waals surface area contributed by atoms with Crippen LogP contribution in [0.25, 0.3) is 0 Å². The zero-order valence-corrected chi connectivity index (χ0v) is 7.70. The number of para-hydroxylation sites is 1. The molecule has 1 unspecified atom stereocenters. The summed E-state index contributed by atoms with van der Waals surface area (Å²) in [6.45, 7) is 1.19. The van der Waals surface area contributed by atoms with E-state index < -0.39 is 11.9 Å². The van der Waals surface area contributed by atoms with Crippen LogP contribution in [0.1, 0.15) is 12.5 Å². The Balaban J connectivity index is 3.00. The Labute approximate surface area is 81.4 Å². The number of rotatable bonds is 3. The summed E-state index contributed by atoms with van der Waals surface area (Å²) < 4.78 is 18.2. The second kappa shape index (κ2) is 4.58. The van der Waals surface area contributed by atoms with E-state index in [0.29, 0.717) is 5.56 Å². The summed E-state index contributed by atoms with van der Waals surface area (Å²) in [4.78, 5) is 0. The number of nitriles is 1. The zero-order chi connectivity index (χ0) is 10.6. The molecule has 14 heavy (non-hydrogen) atoms. The molecule has 4 heteroatoms. The molecule has 1 N–H and O–H groups in total. The lowest BCUT2D eigenvalue weighted by Gasteiger charge is -2.11. The van der Waals surface area contributed by atoms with Gasteiger partial charge in [-0.3, -0.25) is 0 Å². The summed E-state index contributed by atoms with van der Waals surface area (Å²) in [5.74, 6) is -0.622. The molecule has 1 atom stereocenters. The number of ether oxygens (including phenoxy) is 1. The average molecular weight is 195 g/mol. The highest BCUT2D eigenvalue weighted by Gasteiger charge is 2.11. The highest BCUT2D eigenvalue weighted by atomic mass is 19.1. The largest absolute Gasteiger partial charge is 0.472 e. The van der Waals surface area contributed by atoms with Gasteiger partial charge in [-0.15, -0.1) is 0 Å². The van der Waals surface area contributed by atoms with Crippen molar-refractivity contribution in [3.05, 3.63) is 29.6 Å². The van der Waals surface area contributed by atoms with Crippen molar-refractivity contribution in [1.82, 2.24) is 0 Å². The van der Waals surface area contributed by atoms with Crippen molar-refractivity contribution >= 4 is 0 Å². The third kappa shape index (κ3) is 2.21. The van der Waals surface area contributed by atoms with Crippen molar-refractivity contribution in [1.29, 1.82) is 5.26 Å². The van der Waals surface area contributed by atoms with Gasteiger partial charge in [-0.25, -0.2) is 4.39 Å². The summed E-state index contributed by atoms with van der Waals surface area (Å²) in [5.41, 5.74) is 0.340. The van der Waals surface area contributed by atoms with Crippen LogP contribution < -0.4 is 4.74 Å². The fourth-order valence-electron chi connectivity index (χ4n) is 1.01. The molecule has 0 saturated heterocycles. The normalized spacial score (nSPS) is 11.9. The van der Waals surface area contributed by atoms with Gasteiger partial charge in [-0.1, -0.05) is 12.1 Å². The molecule has 3 nitrogen and oxygen atoms in total. The number of benzene rings is 1. The van der Waals surface area contributed by atoms with Crippen LogP contribution in [0.2, 0.25) is 0 Å². The minimum atomic E-state index is -0.739. The molecule has 0 amide bonds. The Bertz CT molecular complexity index is 360. The van der Waals surface area contributed by atoms with Crippen LogP contribution >= 0.6 is 0 Å². The molecule has 1 aromatic rings. The van der Waals surface area contributed by atoms with Gasteiger partial charge < -0.3 is 9.84 Å². The van der Waals surface area contributed by atoms with Gasteiger partial charge in [0.05, 0.1) is 6.61 Å². The van der Waals surface area contributed by atoms with Gasteiger partial charge in [0, 0.05) is 5.56 Å². The summed E-state index contributed by atoms with van der Waals surface area (Å²) in [6, 6.07) is 6.06. The minimum absolute atomic E-state index is 0.0518. The number of hydrogen-bond acceptors (Lipinski definition) is 3. The molecular weight excluding hydrogens is 185 g/mol. The van der Waals surface area contributed by atoms with Crippen molar-refractivity contribution in [2.75, 3.05) is 0 Å². The molecule has 0 heterocycles. The lowest BCUT2D eigenvalue weighted by molar-refractivity contribution is 0.238. The Morgan fingerprint density at radius 3 is 2.93 bits per heavy atom. The van der Waals surface area contributed by atoms with Crippen LogP contribution in [-0.4, -0.2) is 11.2 Å². The van der Waals surface area contributed by atoms with Crippen molar-refractivity contribution in [2.24, 2.45) is 0 Å². The van der Waals surface area contributed by atoms with Crippen molar-refractivity contribution in [3.8, 4) is 11.8 Å². The standard InChI is InChI=1S/C10H10FNO2/c1-7(5-12)14-10-8(6-13)3-2-4-9(10)11/h2-4,7,13H,6H2,1H3. The van der Waals surface area contributed by atoms with E-state index in [9.17, 15) is 4.39 Å². The topological polar surface area (TPSA) is 53.2 Å². The quantitative estimate of drug-likeness (QED) is 0.797. The SMILES string of the molecule is CC(C#N)Oc1c(F)cccc1CO. The smallest absolute Gasteiger partial charge is 0.181 e. The van der Waals surface area contributed by atoms with E-state index in [1.54, 1.807) is 6.07 Å². The number of halogens is 1. The maximum atomic E-state index is 13.2. The minimum Gasteiger partial charge on any atom is -0.472 e. The van der Waals surface area contributed by atoms with E-state index in [2.05, 4.69) is 0 Å². The molecule has 0 aliphatic rings. The number of aliphatic hydroxyl groups is 1. The van der Waals surface area contributed by atoms with E-state index in [1.165, 1.54) is 19.1 Å². The predicted molar refractivity (Wildman–Crippen MR) is 48.0 cm³/mol. The summed E-state index contributed by atoms with van der Waals surface area (Å²) in [5, 5.41) is 17.4. The molecule has 0 aliphatic carbocycles. The first-order valence-electron chi connectivity index (χ1n) is 4.13. The Kier molecular flexibility index (Phi) is 3.43. The lowest BCUT2D eigenvalue weighted by Crippen LogP contribution is -2.11. The van der Waals surface area contributed by atoms with Gasteiger partial charge in [0.1, 0.15) is 6.07 Å². The molecule has 1 rings (SSSR count). The fraction of sp³-hybridized carbons (Fsp3) is 0.300.